The van der Waals surface area contributed by atoms with Gasteiger partial charge in [0.05, 0.1) is 18.3 Å². The van der Waals surface area contributed by atoms with Crippen molar-refractivity contribution in [3.05, 3.63) is 0 Å². The molecule has 6 N–H and O–H groups in total. The van der Waals surface area contributed by atoms with E-state index in [-0.39, 0.29) is 0 Å². The van der Waals surface area contributed by atoms with Crippen LogP contribution < -0.4 is 0 Å². The molecule has 7 nitrogen and oxygen atoms in total. The molecular weight excluding hydrogens is 229 g/mol. The molecule has 0 fully saturated rings. The van der Waals surface area contributed by atoms with Gasteiger partial charge < -0.3 is 30.4 Å². The first-order chi connectivity index (χ1) is 7.65. The lowest BCUT2D eigenvalue weighted by Crippen LogP contribution is -2.40. The van der Waals surface area contributed by atoms with Gasteiger partial charge in [0.25, 0.3) is 0 Å². The van der Waals surface area contributed by atoms with Gasteiger partial charge in [-0.15, -0.1) is 0 Å². The van der Waals surface area contributed by atoms with Crippen molar-refractivity contribution in [3.8, 4) is 0 Å². The molecule has 8 heteroatoms. The Morgan fingerprint density at radius 2 is 0.941 bits per heavy atom. The van der Waals surface area contributed by atoms with Gasteiger partial charge in [-0.1, -0.05) is 0 Å². The number of hydrogen-bond acceptors (Lipinski definition) is 7. The van der Waals surface area contributed by atoms with Crippen LogP contribution in [0.15, 0.2) is 0 Å². The third-order valence-corrected chi connectivity index (χ3v) is 1.57. The van der Waals surface area contributed by atoms with Gasteiger partial charge in [-0.25, -0.2) is 0 Å². The minimum Gasteiger partial charge on any atom is -0.402 e. The molecule has 104 valence electrons. The number of hydrogen-bond donors (Lipinski definition) is 6. The van der Waals surface area contributed by atoms with Gasteiger partial charge in [-0.2, -0.15) is 0 Å². The summed E-state index contributed by atoms with van der Waals surface area (Å²) in [5, 5.41) is 48.9. The molecule has 3 unspecified atom stereocenters. The van der Waals surface area contributed by atoms with Gasteiger partial charge in [-0.3, -0.25) is 4.90 Å². The highest BCUT2D eigenvalue weighted by molar-refractivity contribution is 6.30. The first kappa shape index (κ1) is 19.1. The number of aliphatic hydroxyl groups excluding tert-OH is 3. The van der Waals surface area contributed by atoms with E-state index in [0.29, 0.717) is 19.6 Å². The van der Waals surface area contributed by atoms with Crippen molar-refractivity contribution in [2.75, 3.05) is 19.6 Å². The average molecular weight is 253 g/mol. The number of rotatable bonds is 6. The van der Waals surface area contributed by atoms with Crippen LogP contribution in [-0.2, 0) is 0 Å². The minimum absolute atomic E-state index is 0.433. The van der Waals surface area contributed by atoms with Crippen LogP contribution in [0.3, 0.4) is 0 Å². The van der Waals surface area contributed by atoms with Crippen molar-refractivity contribution < 1.29 is 30.4 Å². The zero-order valence-corrected chi connectivity index (χ0v) is 10.6. The molecule has 0 rings (SSSR count). The Balaban J connectivity index is 0. The Morgan fingerprint density at radius 3 is 1.06 bits per heavy atom. The summed E-state index contributed by atoms with van der Waals surface area (Å²) in [6.45, 7) is 6.52. The maximum atomic E-state index is 9.14. The van der Waals surface area contributed by atoms with Crippen LogP contribution in [0.1, 0.15) is 20.8 Å². The molecule has 0 amide bonds. The maximum Gasteiger partial charge on any atom is 0.631 e. The fourth-order valence-electron chi connectivity index (χ4n) is 1.34. The van der Waals surface area contributed by atoms with Crippen LogP contribution in [-0.4, -0.2) is 80.6 Å². The zero-order chi connectivity index (χ0) is 14.0. The third-order valence-electron chi connectivity index (χ3n) is 1.57. The van der Waals surface area contributed by atoms with E-state index >= 15 is 0 Å². The molecule has 0 heterocycles. The van der Waals surface area contributed by atoms with Crippen LogP contribution >= 0.6 is 0 Å². The highest BCUT2D eigenvalue weighted by Gasteiger charge is 2.12. The van der Waals surface area contributed by atoms with E-state index in [1.165, 1.54) is 0 Å². The molecule has 0 aliphatic carbocycles. The second-order valence-corrected chi connectivity index (χ2v) is 4.11. The van der Waals surface area contributed by atoms with E-state index in [2.05, 4.69) is 0 Å². The predicted octanol–water partition coefficient (Wildman–Crippen LogP) is -2.62. The van der Waals surface area contributed by atoms with Crippen LogP contribution in [0.4, 0.5) is 0 Å². The van der Waals surface area contributed by atoms with Gasteiger partial charge >= 0.3 is 7.32 Å². The van der Waals surface area contributed by atoms with E-state index in [4.69, 9.17) is 30.4 Å². The summed E-state index contributed by atoms with van der Waals surface area (Å²) in [5.41, 5.74) is 0. The summed E-state index contributed by atoms with van der Waals surface area (Å²) in [7, 11) is -2.17. The normalized spacial score (nSPS) is 15.9. The lowest BCUT2D eigenvalue weighted by atomic mass is 10.2. The van der Waals surface area contributed by atoms with Crippen molar-refractivity contribution in [1.82, 2.24) is 4.90 Å². The molecule has 0 saturated heterocycles. The number of nitrogens with zero attached hydrogens (tertiary/aromatic N) is 1. The van der Waals surface area contributed by atoms with E-state index < -0.39 is 25.6 Å². The van der Waals surface area contributed by atoms with Crippen molar-refractivity contribution in [2.24, 2.45) is 0 Å². The Morgan fingerprint density at radius 1 is 0.765 bits per heavy atom. The summed E-state index contributed by atoms with van der Waals surface area (Å²) >= 11 is 0. The molecule has 0 aromatic heterocycles. The third kappa shape index (κ3) is 21.6. The summed E-state index contributed by atoms with van der Waals surface area (Å²) in [6, 6.07) is 0. The minimum atomic E-state index is -2.17. The van der Waals surface area contributed by atoms with E-state index in [0.717, 1.165) is 0 Å². The van der Waals surface area contributed by atoms with Crippen LogP contribution in [0, 0.1) is 0 Å². The molecule has 0 aromatic rings. The molecule has 0 aromatic carbocycles. The summed E-state index contributed by atoms with van der Waals surface area (Å²) in [4.78, 5) is 1.85. The van der Waals surface area contributed by atoms with Gasteiger partial charge in [0, 0.05) is 19.6 Å². The molecule has 3 atom stereocenters. The summed E-state index contributed by atoms with van der Waals surface area (Å²) in [6.07, 6.45) is -1.30. The smallest absolute Gasteiger partial charge is 0.402 e. The molecule has 0 saturated carbocycles. The van der Waals surface area contributed by atoms with E-state index in [1.807, 2.05) is 4.90 Å². The van der Waals surface area contributed by atoms with Crippen molar-refractivity contribution in [2.45, 2.75) is 39.1 Å². The van der Waals surface area contributed by atoms with Gasteiger partial charge in [0.15, 0.2) is 0 Å². The Hall–Kier alpha value is -0.215. The number of aliphatic hydroxyl groups is 3. The SMILES string of the molecule is CC(O)CN(CC(C)O)CC(C)O.OB(O)O. The second kappa shape index (κ2) is 10.9. The lowest BCUT2D eigenvalue weighted by molar-refractivity contribution is 0.0530. The fourth-order valence-corrected chi connectivity index (χ4v) is 1.34. The van der Waals surface area contributed by atoms with Crippen molar-refractivity contribution >= 4 is 7.32 Å². The highest BCUT2D eigenvalue weighted by Crippen LogP contribution is 1.97. The second-order valence-electron chi connectivity index (χ2n) is 4.11. The summed E-state index contributed by atoms with van der Waals surface area (Å²) in [5.74, 6) is 0. The molecule has 0 aliphatic heterocycles. The quantitative estimate of drug-likeness (QED) is 0.286. The molecule has 0 aliphatic rings. The molecule has 0 radical (unpaired) electrons. The molecule has 17 heavy (non-hydrogen) atoms. The van der Waals surface area contributed by atoms with Crippen LogP contribution in [0.2, 0.25) is 0 Å². The predicted molar refractivity (Wildman–Crippen MR) is 63.9 cm³/mol. The monoisotopic (exact) mass is 253 g/mol. The average Bonchev–Trinajstić information content (AvgIpc) is 1.96. The largest absolute Gasteiger partial charge is 0.631 e. The van der Waals surface area contributed by atoms with Gasteiger partial charge in [0.1, 0.15) is 0 Å². The standard InChI is InChI=1S/C9H21NO3.BH3O3/c1-7(11)4-10(5-8(2)12)6-9(3)13;2-1(3)4/h7-9,11-13H,4-6H2,1-3H3;2-4H. The highest BCUT2D eigenvalue weighted by atomic mass is 16.5. The summed E-state index contributed by atoms with van der Waals surface area (Å²) < 4.78 is 0. The Kier molecular flexibility index (Phi) is 12.3. The van der Waals surface area contributed by atoms with Crippen molar-refractivity contribution in [3.63, 3.8) is 0 Å². The zero-order valence-electron chi connectivity index (χ0n) is 10.6. The fraction of sp³-hybridized carbons (Fsp3) is 1.00. The van der Waals surface area contributed by atoms with Gasteiger partial charge in [-0.05, 0) is 20.8 Å². The van der Waals surface area contributed by atoms with Crippen LogP contribution in [0.5, 0.6) is 0 Å². The first-order valence-electron chi connectivity index (χ1n) is 5.45. The van der Waals surface area contributed by atoms with Crippen LogP contribution in [0.25, 0.3) is 0 Å². The first-order valence-corrected chi connectivity index (χ1v) is 5.45. The van der Waals surface area contributed by atoms with Gasteiger partial charge in [0.2, 0.25) is 0 Å². The molecule has 0 spiro atoms. The lowest BCUT2D eigenvalue weighted by Gasteiger charge is -2.25. The van der Waals surface area contributed by atoms with Crippen molar-refractivity contribution in [1.29, 1.82) is 0 Å². The molecule has 0 bridgehead atoms. The Bertz CT molecular complexity index is 141. The molecular formula is C9H24BNO6. The van der Waals surface area contributed by atoms with E-state index in [9.17, 15) is 0 Å². The topological polar surface area (TPSA) is 125 Å². The Labute approximate surface area is 102 Å². The van der Waals surface area contributed by atoms with E-state index in [1.54, 1.807) is 20.8 Å². The maximum absolute atomic E-state index is 9.14.